The topological polar surface area (TPSA) is 70.1 Å². The van der Waals surface area contributed by atoms with Gasteiger partial charge in [0.2, 0.25) is 5.95 Å². The van der Waals surface area contributed by atoms with E-state index in [1.54, 1.807) is 18.2 Å². The number of ether oxygens (including phenoxy) is 1. The van der Waals surface area contributed by atoms with Crippen LogP contribution in [0.4, 0.5) is 19.1 Å². The van der Waals surface area contributed by atoms with Crippen molar-refractivity contribution in [3.8, 4) is 11.1 Å². The molecular formula is C26H22F3N3O2. The largest absolute Gasteiger partial charge is 0.416 e. The Labute approximate surface area is 193 Å². The average Bonchev–Trinajstić information content (AvgIpc) is 3.30. The Morgan fingerprint density at radius 1 is 0.971 bits per heavy atom. The van der Waals surface area contributed by atoms with Gasteiger partial charge in [-0.1, -0.05) is 48.5 Å². The third-order valence-electron chi connectivity index (χ3n) is 6.20. The molecule has 0 spiro atoms. The van der Waals surface area contributed by atoms with Gasteiger partial charge in [-0.05, 0) is 53.8 Å². The Morgan fingerprint density at radius 3 is 2.38 bits per heavy atom. The maximum atomic E-state index is 13.2. The summed E-state index contributed by atoms with van der Waals surface area (Å²) >= 11 is 0. The summed E-state index contributed by atoms with van der Waals surface area (Å²) < 4.78 is 46.1. The van der Waals surface area contributed by atoms with Crippen LogP contribution in [0.25, 0.3) is 22.0 Å². The van der Waals surface area contributed by atoms with E-state index < -0.39 is 11.7 Å². The lowest BCUT2D eigenvalue weighted by molar-refractivity contribution is -0.137. The first-order valence-corrected chi connectivity index (χ1v) is 11.0. The maximum absolute atomic E-state index is 13.2. The number of benzene rings is 3. The highest BCUT2D eigenvalue weighted by Crippen LogP contribution is 2.34. The first-order chi connectivity index (χ1) is 16.3. The minimum absolute atomic E-state index is 0.0113. The molecule has 1 aliphatic rings. The molecule has 1 aromatic heterocycles. The summed E-state index contributed by atoms with van der Waals surface area (Å²) in [6.45, 7) is 0.303. The molecule has 0 radical (unpaired) electrons. The van der Waals surface area contributed by atoms with Crippen LogP contribution in [0.5, 0.6) is 0 Å². The van der Waals surface area contributed by atoms with Crippen LogP contribution >= 0.6 is 0 Å². The van der Waals surface area contributed by atoms with E-state index in [1.807, 2.05) is 30.3 Å². The summed E-state index contributed by atoms with van der Waals surface area (Å²) in [6.07, 6.45) is -2.90. The van der Waals surface area contributed by atoms with Gasteiger partial charge >= 0.3 is 6.18 Å². The molecule has 5 nitrogen and oxygen atoms in total. The summed E-state index contributed by atoms with van der Waals surface area (Å²) in [4.78, 5) is 17.6. The van der Waals surface area contributed by atoms with Gasteiger partial charge in [-0.3, -0.25) is 9.36 Å². The second-order valence-electron chi connectivity index (χ2n) is 8.43. The number of hydrogen-bond acceptors (Lipinski definition) is 4. The van der Waals surface area contributed by atoms with Crippen LogP contribution in [0.2, 0.25) is 0 Å². The van der Waals surface area contributed by atoms with E-state index in [1.165, 1.54) is 16.7 Å². The second-order valence-corrected chi connectivity index (χ2v) is 8.43. The highest BCUT2D eigenvalue weighted by molar-refractivity contribution is 5.84. The quantitative estimate of drug-likeness (QED) is 0.427. The van der Waals surface area contributed by atoms with Crippen molar-refractivity contribution in [2.24, 2.45) is 0 Å². The van der Waals surface area contributed by atoms with Crippen molar-refractivity contribution < 1.29 is 17.9 Å². The van der Waals surface area contributed by atoms with Gasteiger partial charge in [0, 0.05) is 0 Å². The zero-order valence-corrected chi connectivity index (χ0v) is 18.1. The fourth-order valence-electron chi connectivity index (χ4n) is 4.40. The number of aromatic nitrogens is 2. The molecule has 34 heavy (non-hydrogen) atoms. The van der Waals surface area contributed by atoms with Crippen LogP contribution in [0, 0.1) is 0 Å². The molecule has 1 saturated heterocycles. The number of nitrogen functional groups attached to an aromatic ring is 1. The zero-order chi connectivity index (χ0) is 23.9. The molecule has 2 unspecified atom stereocenters. The number of nitrogens with zero attached hydrogens (tertiary/aromatic N) is 2. The molecule has 4 aromatic rings. The first kappa shape index (κ1) is 22.2. The summed E-state index contributed by atoms with van der Waals surface area (Å²) in [6, 6.07) is 19.8. The van der Waals surface area contributed by atoms with Crippen molar-refractivity contribution in [1.82, 2.24) is 9.55 Å². The zero-order valence-electron chi connectivity index (χ0n) is 18.1. The standard InChI is InChI=1S/C26H22F3N3O2/c27-26(28,29)19-9-6-16(7-10-19)18-8-12-21-22(14-18)31-25(30)32(24(21)33)15-20-11-13-23(34-20)17-4-2-1-3-5-17/h1-10,12,14,20,23H,11,13,15H2,(H2,30,31). The molecule has 0 aliphatic carbocycles. The number of rotatable bonds is 4. The third-order valence-corrected chi connectivity index (χ3v) is 6.20. The lowest BCUT2D eigenvalue weighted by atomic mass is 10.0. The van der Waals surface area contributed by atoms with Crippen molar-refractivity contribution in [2.45, 2.75) is 37.8 Å². The van der Waals surface area contributed by atoms with E-state index in [0.29, 0.717) is 28.6 Å². The van der Waals surface area contributed by atoms with Crippen molar-refractivity contribution >= 4 is 16.9 Å². The van der Waals surface area contributed by atoms with Crippen LogP contribution in [-0.4, -0.2) is 15.7 Å². The number of nitrogens with two attached hydrogens (primary N) is 1. The summed E-state index contributed by atoms with van der Waals surface area (Å²) in [5.74, 6) is 0.0776. The molecule has 2 N–H and O–H groups in total. The number of hydrogen-bond donors (Lipinski definition) is 1. The monoisotopic (exact) mass is 465 g/mol. The molecule has 8 heteroatoms. The molecular weight excluding hydrogens is 443 g/mol. The fraction of sp³-hybridized carbons (Fsp3) is 0.231. The Bertz CT molecular complexity index is 1380. The molecule has 3 aromatic carbocycles. The van der Waals surface area contributed by atoms with Gasteiger partial charge < -0.3 is 10.5 Å². The third kappa shape index (κ3) is 4.28. The van der Waals surface area contributed by atoms with E-state index in [2.05, 4.69) is 4.98 Å². The fourth-order valence-corrected chi connectivity index (χ4v) is 4.40. The van der Waals surface area contributed by atoms with Gasteiger partial charge in [-0.15, -0.1) is 0 Å². The minimum Gasteiger partial charge on any atom is -0.369 e. The van der Waals surface area contributed by atoms with E-state index in [4.69, 9.17) is 10.5 Å². The van der Waals surface area contributed by atoms with Crippen LogP contribution in [0.15, 0.2) is 77.6 Å². The van der Waals surface area contributed by atoms with Crippen molar-refractivity contribution in [3.63, 3.8) is 0 Å². The average molecular weight is 465 g/mol. The van der Waals surface area contributed by atoms with Crippen LogP contribution in [0.3, 0.4) is 0 Å². The molecule has 0 bridgehead atoms. The molecule has 1 aliphatic heterocycles. The van der Waals surface area contributed by atoms with Gasteiger partial charge in [0.05, 0.1) is 35.2 Å². The van der Waals surface area contributed by atoms with Crippen LogP contribution in [0.1, 0.15) is 30.1 Å². The highest BCUT2D eigenvalue weighted by Gasteiger charge is 2.30. The second kappa shape index (κ2) is 8.61. The molecule has 0 amide bonds. The van der Waals surface area contributed by atoms with Crippen molar-refractivity contribution in [2.75, 3.05) is 5.73 Å². The van der Waals surface area contributed by atoms with Gasteiger partial charge in [0.15, 0.2) is 0 Å². The summed E-state index contributed by atoms with van der Waals surface area (Å²) in [5.41, 5.74) is 7.89. The number of anilines is 1. The van der Waals surface area contributed by atoms with Gasteiger partial charge in [-0.25, -0.2) is 4.98 Å². The SMILES string of the molecule is Nc1nc2cc(-c3ccc(C(F)(F)F)cc3)ccc2c(=O)n1CC1CCC(c2ccccc2)O1. The van der Waals surface area contributed by atoms with E-state index in [-0.39, 0.29) is 23.7 Å². The minimum atomic E-state index is -4.40. The smallest absolute Gasteiger partial charge is 0.369 e. The van der Waals surface area contributed by atoms with Crippen LogP contribution < -0.4 is 11.3 Å². The predicted octanol–water partition coefficient (Wildman–Crippen LogP) is 5.58. The predicted molar refractivity (Wildman–Crippen MR) is 124 cm³/mol. The summed E-state index contributed by atoms with van der Waals surface area (Å²) in [7, 11) is 0. The van der Waals surface area contributed by atoms with E-state index >= 15 is 0 Å². The lowest BCUT2D eigenvalue weighted by Crippen LogP contribution is -2.29. The van der Waals surface area contributed by atoms with Gasteiger partial charge in [0.1, 0.15) is 0 Å². The molecule has 174 valence electrons. The molecule has 2 atom stereocenters. The maximum Gasteiger partial charge on any atom is 0.416 e. The van der Waals surface area contributed by atoms with Gasteiger partial charge in [-0.2, -0.15) is 13.2 Å². The van der Waals surface area contributed by atoms with Crippen molar-refractivity contribution in [1.29, 1.82) is 0 Å². The van der Waals surface area contributed by atoms with Gasteiger partial charge in [0.25, 0.3) is 5.56 Å². The number of alkyl halides is 3. The molecule has 5 rings (SSSR count). The number of fused-ring (bicyclic) bond motifs is 1. The Hall–Kier alpha value is -3.65. The number of halogens is 3. The van der Waals surface area contributed by atoms with E-state index in [9.17, 15) is 18.0 Å². The molecule has 0 saturated carbocycles. The van der Waals surface area contributed by atoms with E-state index in [0.717, 1.165) is 30.5 Å². The summed E-state index contributed by atoms with van der Waals surface area (Å²) in [5, 5.41) is 0.391. The molecule has 2 heterocycles. The Kier molecular flexibility index (Phi) is 5.61. The Morgan fingerprint density at radius 2 is 1.68 bits per heavy atom. The lowest BCUT2D eigenvalue weighted by Gasteiger charge is -2.17. The normalized spacial score (nSPS) is 18.4. The van der Waals surface area contributed by atoms with Crippen LogP contribution in [-0.2, 0) is 17.5 Å². The van der Waals surface area contributed by atoms with Crippen molar-refractivity contribution in [3.05, 3.63) is 94.3 Å². The Balaban J connectivity index is 1.39. The first-order valence-electron chi connectivity index (χ1n) is 11.0. The highest BCUT2D eigenvalue weighted by atomic mass is 19.4. The molecule has 1 fully saturated rings.